The van der Waals surface area contributed by atoms with E-state index < -0.39 is 0 Å². The van der Waals surface area contributed by atoms with Crippen LogP contribution in [0.1, 0.15) is 28.9 Å². The van der Waals surface area contributed by atoms with Crippen LogP contribution in [0.15, 0.2) is 42.5 Å². The summed E-state index contributed by atoms with van der Waals surface area (Å²) in [5, 5.41) is 9.98. The van der Waals surface area contributed by atoms with Crippen molar-refractivity contribution in [3.8, 4) is 5.75 Å². The van der Waals surface area contributed by atoms with Gasteiger partial charge in [0, 0.05) is 44.0 Å². The first-order valence-corrected chi connectivity index (χ1v) is 9.53. The molecule has 146 valence electrons. The zero-order chi connectivity index (χ0) is 20.0. The number of phenolic OH excluding ortho intramolecular Hbond substituents is 1. The average molecular weight is 403 g/mol. The number of hydrogen-bond acceptors (Lipinski definition) is 3. The van der Waals surface area contributed by atoms with E-state index in [9.17, 15) is 19.1 Å². The second kappa shape index (κ2) is 7.09. The highest BCUT2D eigenvalue weighted by Crippen LogP contribution is 2.45. The van der Waals surface area contributed by atoms with Crippen molar-refractivity contribution in [1.82, 2.24) is 9.80 Å². The van der Waals surface area contributed by atoms with Gasteiger partial charge in [-0.2, -0.15) is 0 Å². The lowest BCUT2D eigenvalue weighted by molar-refractivity contribution is -0.130. The third-order valence-corrected chi connectivity index (χ3v) is 6.06. The molecule has 5 nitrogen and oxygen atoms in total. The van der Waals surface area contributed by atoms with Crippen LogP contribution in [0.5, 0.6) is 5.75 Å². The van der Waals surface area contributed by atoms with Gasteiger partial charge in [-0.15, -0.1) is 0 Å². The van der Waals surface area contributed by atoms with Crippen LogP contribution in [0.4, 0.5) is 4.39 Å². The van der Waals surface area contributed by atoms with Gasteiger partial charge in [0.05, 0.1) is 11.1 Å². The number of amides is 2. The third kappa shape index (κ3) is 3.22. The Labute approximate surface area is 167 Å². The van der Waals surface area contributed by atoms with Crippen molar-refractivity contribution < 1.29 is 19.1 Å². The van der Waals surface area contributed by atoms with Crippen LogP contribution in [0, 0.1) is 17.7 Å². The quantitative estimate of drug-likeness (QED) is 0.836. The fourth-order valence-electron chi connectivity index (χ4n) is 4.48. The first-order chi connectivity index (χ1) is 13.3. The average Bonchev–Trinajstić information content (AvgIpc) is 3.21. The molecule has 2 fully saturated rings. The lowest BCUT2D eigenvalue weighted by Crippen LogP contribution is -2.36. The molecule has 2 amide bonds. The zero-order valence-corrected chi connectivity index (χ0v) is 16.1. The first-order valence-electron chi connectivity index (χ1n) is 9.15. The summed E-state index contributed by atoms with van der Waals surface area (Å²) in [7, 11) is 0. The number of hydrogen-bond donors (Lipinski definition) is 1. The van der Waals surface area contributed by atoms with Crippen LogP contribution in [0.3, 0.4) is 0 Å². The molecule has 1 N–H and O–H groups in total. The van der Waals surface area contributed by atoms with Gasteiger partial charge in [0.2, 0.25) is 5.91 Å². The van der Waals surface area contributed by atoms with E-state index in [2.05, 4.69) is 0 Å². The highest BCUT2D eigenvalue weighted by Gasteiger charge is 2.49. The number of phenols is 1. The second-order valence-corrected chi connectivity index (χ2v) is 7.88. The standard InChI is InChI=1S/C21H20ClFN2O3/c1-12(26)25-10-15-9-24(21(28)14-5-6-18(22)19(27)8-14)11-17(15)20(25)13-3-2-4-16(23)7-13/h2-8,15,17,20,27H,9-11H2,1H3/t15-,17-,20+/m1/s1. The number of halogens is 2. The van der Waals surface area contributed by atoms with Crippen LogP contribution >= 0.6 is 11.6 Å². The van der Waals surface area contributed by atoms with Crippen molar-refractivity contribution in [3.63, 3.8) is 0 Å². The number of aromatic hydroxyl groups is 1. The van der Waals surface area contributed by atoms with Crippen molar-refractivity contribution in [2.24, 2.45) is 11.8 Å². The predicted molar refractivity (Wildman–Crippen MR) is 103 cm³/mol. The second-order valence-electron chi connectivity index (χ2n) is 7.47. The molecule has 7 heteroatoms. The molecule has 3 atom stereocenters. The summed E-state index contributed by atoms with van der Waals surface area (Å²) >= 11 is 5.83. The molecule has 0 unspecified atom stereocenters. The monoisotopic (exact) mass is 402 g/mol. The van der Waals surface area contributed by atoms with Crippen LogP contribution < -0.4 is 0 Å². The van der Waals surface area contributed by atoms with Crippen molar-refractivity contribution in [3.05, 3.63) is 64.4 Å². The highest BCUT2D eigenvalue weighted by molar-refractivity contribution is 6.32. The van der Waals surface area contributed by atoms with E-state index in [1.807, 2.05) is 6.07 Å². The molecule has 28 heavy (non-hydrogen) atoms. The van der Waals surface area contributed by atoms with Gasteiger partial charge in [0.25, 0.3) is 5.91 Å². The first kappa shape index (κ1) is 18.7. The molecule has 0 aromatic heterocycles. The number of rotatable bonds is 2. The van der Waals surface area contributed by atoms with Crippen LogP contribution in [0.2, 0.25) is 5.02 Å². The molecule has 4 rings (SSSR count). The number of carbonyl (C=O) groups excluding carboxylic acids is 2. The number of benzene rings is 2. The highest BCUT2D eigenvalue weighted by atomic mass is 35.5. The Morgan fingerprint density at radius 3 is 2.61 bits per heavy atom. The minimum absolute atomic E-state index is 0.0375. The van der Waals surface area contributed by atoms with E-state index in [0.29, 0.717) is 25.2 Å². The predicted octanol–water partition coefficient (Wildman–Crippen LogP) is 3.48. The lowest BCUT2D eigenvalue weighted by atomic mass is 9.89. The van der Waals surface area contributed by atoms with Gasteiger partial charge in [-0.3, -0.25) is 9.59 Å². The largest absolute Gasteiger partial charge is 0.506 e. The Kier molecular flexibility index (Phi) is 4.75. The number of carbonyl (C=O) groups is 2. The Balaban J connectivity index is 1.60. The fraction of sp³-hybridized carbons (Fsp3) is 0.333. The number of likely N-dealkylation sites (tertiary alicyclic amines) is 2. The van der Waals surface area contributed by atoms with E-state index in [-0.39, 0.29) is 46.3 Å². The van der Waals surface area contributed by atoms with Crippen LogP contribution in [0.25, 0.3) is 0 Å². The normalized spacial score (nSPS) is 23.8. The number of nitrogens with zero attached hydrogens (tertiary/aromatic N) is 2. The van der Waals surface area contributed by atoms with Crippen molar-refractivity contribution in [2.75, 3.05) is 19.6 Å². The number of fused-ring (bicyclic) bond motifs is 1. The van der Waals surface area contributed by atoms with E-state index in [0.717, 1.165) is 5.56 Å². The summed E-state index contributed by atoms with van der Waals surface area (Å²) in [6.07, 6.45) is 0. The molecule has 2 aromatic rings. The molecule has 0 spiro atoms. The maximum absolute atomic E-state index is 13.8. The molecule has 2 saturated heterocycles. The molecule has 2 aliphatic heterocycles. The molecular weight excluding hydrogens is 383 g/mol. The van der Waals surface area contributed by atoms with E-state index in [1.54, 1.807) is 21.9 Å². The molecule has 0 bridgehead atoms. The van der Waals surface area contributed by atoms with E-state index in [1.165, 1.54) is 31.2 Å². The molecule has 2 aromatic carbocycles. The Bertz CT molecular complexity index is 951. The van der Waals surface area contributed by atoms with Gasteiger partial charge in [-0.05, 0) is 35.9 Å². The van der Waals surface area contributed by atoms with Crippen molar-refractivity contribution in [2.45, 2.75) is 13.0 Å². The lowest BCUT2D eigenvalue weighted by Gasteiger charge is -2.29. The van der Waals surface area contributed by atoms with E-state index >= 15 is 0 Å². The summed E-state index contributed by atoms with van der Waals surface area (Å²) in [5.74, 6) is -0.547. The smallest absolute Gasteiger partial charge is 0.254 e. The van der Waals surface area contributed by atoms with Gasteiger partial charge in [0.15, 0.2) is 0 Å². The molecule has 2 heterocycles. The maximum atomic E-state index is 13.8. The Morgan fingerprint density at radius 2 is 1.93 bits per heavy atom. The minimum Gasteiger partial charge on any atom is -0.506 e. The SMILES string of the molecule is CC(=O)N1C[C@H]2CN(C(=O)c3ccc(Cl)c(O)c3)C[C@H]2[C@@H]1c1cccc(F)c1. The Hall–Kier alpha value is -2.60. The van der Waals surface area contributed by atoms with Crippen molar-refractivity contribution in [1.29, 1.82) is 0 Å². The van der Waals surface area contributed by atoms with Gasteiger partial charge < -0.3 is 14.9 Å². The molecular formula is C21H20ClFN2O3. The summed E-state index contributed by atoms with van der Waals surface area (Å²) in [4.78, 5) is 28.6. The zero-order valence-electron chi connectivity index (χ0n) is 15.3. The molecule has 0 aliphatic carbocycles. The maximum Gasteiger partial charge on any atom is 0.254 e. The van der Waals surface area contributed by atoms with Gasteiger partial charge in [-0.25, -0.2) is 4.39 Å². The Morgan fingerprint density at radius 1 is 1.14 bits per heavy atom. The summed E-state index contributed by atoms with van der Waals surface area (Å²) in [6, 6.07) is 10.5. The topological polar surface area (TPSA) is 60.9 Å². The van der Waals surface area contributed by atoms with Gasteiger partial charge >= 0.3 is 0 Å². The molecule has 0 saturated carbocycles. The van der Waals surface area contributed by atoms with Crippen LogP contribution in [-0.2, 0) is 4.79 Å². The van der Waals surface area contributed by atoms with Crippen molar-refractivity contribution >= 4 is 23.4 Å². The molecule has 0 radical (unpaired) electrons. The summed E-state index contributed by atoms with van der Waals surface area (Å²) in [6.45, 7) is 3.05. The van der Waals surface area contributed by atoms with Gasteiger partial charge in [-0.1, -0.05) is 23.7 Å². The minimum atomic E-state index is -0.341. The summed E-state index contributed by atoms with van der Waals surface area (Å²) in [5.41, 5.74) is 1.12. The van der Waals surface area contributed by atoms with Gasteiger partial charge in [0.1, 0.15) is 11.6 Å². The fourth-order valence-corrected chi connectivity index (χ4v) is 4.60. The third-order valence-electron chi connectivity index (χ3n) is 5.74. The van der Waals surface area contributed by atoms with E-state index in [4.69, 9.17) is 11.6 Å². The molecule has 2 aliphatic rings. The van der Waals surface area contributed by atoms with Crippen LogP contribution in [-0.4, -0.2) is 46.4 Å². The summed E-state index contributed by atoms with van der Waals surface area (Å²) < 4.78 is 13.8.